The minimum atomic E-state index is -0.651. The normalized spacial score (nSPS) is 11.0. The van der Waals surface area contributed by atoms with Crippen molar-refractivity contribution in [3.05, 3.63) is 106 Å². The number of aryl methyl sites for hydroxylation is 1. The maximum atomic E-state index is 13.4. The highest BCUT2D eigenvalue weighted by atomic mass is 35.5. The van der Waals surface area contributed by atoms with Gasteiger partial charge in [-0.05, 0) is 42.8 Å². The standard InChI is InChI=1S/C33H28ClN3O6/c1-19-10-9-13-23-28(22-12-6-7-14-24(22)34)30(36-29(19)23)32(38)37-35-18-20-11-5-8-15-25(20)43-33(39)21-16-26(40-2)31(42-4)27(17-21)41-3/h5-18,36H,1-4H3,(H,37,38). The molecule has 0 radical (unpaired) electrons. The molecule has 5 rings (SSSR count). The largest absolute Gasteiger partial charge is 0.493 e. The number of amides is 1. The number of nitrogens with one attached hydrogen (secondary N) is 2. The van der Waals surface area contributed by atoms with Crippen LogP contribution in [0.1, 0.15) is 32.0 Å². The van der Waals surface area contributed by atoms with Crippen LogP contribution < -0.4 is 24.4 Å². The number of H-pyrrole nitrogens is 1. The molecular formula is C33H28ClN3O6. The summed E-state index contributed by atoms with van der Waals surface area (Å²) in [6.07, 6.45) is 1.40. The second-order valence-corrected chi connectivity index (χ2v) is 9.80. The summed E-state index contributed by atoms with van der Waals surface area (Å²) < 4.78 is 21.7. The molecule has 0 atom stereocenters. The van der Waals surface area contributed by atoms with Crippen molar-refractivity contribution in [3.8, 4) is 34.1 Å². The molecule has 9 nitrogen and oxygen atoms in total. The fraction of sp³-hybridized carbons (Fsp3) is 0.121. The van der Waals surface area contributed by atoms with Crippen molar-refractivity contribution in [1.82, 2.24) is 10.4 Å². The first-order chi connectivity index (χ1) is 20.9. The number of para-hydroxylation sites is 2. The van der Waals surface area contributed by atoms with Gasteiger partial charge in [-0.25, -0.2) is 10.2 Å². The SMILES string of the molecule is COc1cc(C(=O)Oc2ccccc2C=NNC(=O)c2[nH]c3c(C)cccc3c2-c2ccccc2Cl)cc(OC)c1OC. The average Bonchev–Trinajstić information content (AvgIpc) is 3.42. The molecule has 0 fully saturated rings. The van der Waals surface area contributed by atoms with Crippen molar-refractivity contribution in [2.24, 2.45) is 5.10 Å². The van der Waals surface area contributed by atoms with Gasteiger partial charge in [-0.2, -0.15) is 5.10 Å². The van der Waals surface area contributed by atoms with Gasteiger partial charge in [0.2, 0.25) is 5.75 Å². The van der Waals surface area contributed by atoms with Crippen molar-refractivity contribution in [2.75, 3.05) is 21.3 Å². The molecule has 5 aromatic rings. The summed E-state index contributed by atoms with van der Waals surface area (Å²) in [4.78, 5) is 29.7. The number of hydrogen-bond donors (Lipinski definition) is 2. The third-order valence-corrected chi connectivity index (χ3v) is 7.13. The van der Waals surface area contributed by atoms with Crippen LogP contribution in [0.15, 0.2) is 84.0 Å². The number of nitrogens with zero attached hydrogens (tertiary/aromatic N) is 1. The zero-order chi connectivity index (χ0) is 30.5. The second-order valence-electron chi connectivity index (χ2n) is 9.39. The molecule has 1 heterocycles. The van der Waals surface area contributed by atoms with E-state index < -0.39 is 11.9 Å². The van der Waals surface area contributed by atoms with Gasteiger partial charge in [0, 0.05) is 32.6 Å². The molecule has 2 N–H and O–H groups in total. The maximum absolute atomic E-state index is 13.4. The molecule has 0 bridgehead atoms. The van der Waals surface area contributed by atoms with Gasteiger partial charge in [-0.3, -0.25) is 4.79 Å². The van der Waals surface area contributed by atoms with E-state index >= 15 is 0 Å². The molecule has 0 saturated carbocycles. The Hall–Kier alpha value is -5.28. The molecule has 218 valence electrons. The van der Waals surface area contributed by atoms with Crippen molar-refractivity contribution in [1.29, 1.82) is 0 Å². The second kappa shape index (κ2) is 12.7. The first kappa shape index (κ1) is 29.2. The number of halogens is 1. The van der Waals surface area contributed by atoms with Crippen molar-refractivity contribution < 1.29 is 28.5 Å². The summed E-state index contributed by atoms with van der Waals surface area (Å²) in [6.45, 7) is 1.96. The van der Waals surface area contributed by atoms with E-state index in [1.165, 1.54) is 39.7 Å². The monoisotopic (exact) mass is 597 g/mol. The van der Waals surface area contributed by atoms with E-state index in [1.54, 1.807) is 30.3 Å². The molecule has 10 heteroatoms. The molecule has 1 amide bonds. The number of fused-ring (bicyclic) bond motifs is 1. The number of rotatable bonds is 9. The number of esters is 1. The summed E-state index contributed by atoms with van der Waals surface area (Å²) in [6, 6.07) is 23.0. The highest BCUT2D eigenvalue weighted by molar-refractivity contribution is 6.34. The Labute approximate surface area is 253 Å². The predicted octanol–water partition coefficient (Wildman–Crippen LogP) is 6.81. The number of carbonyl (C=O) groups is 2. The lowest BCUT2D eigenvalue weighted by Gasteiger charge is -2.14. The Kier molecular flexibility index (Phi) is 8.64. The number of aromatic nitrogens is 1. The highest BCUT2D eigenvalue weighted by Crippen LogP contribution is 2.39. The van der Waals surface area contributed by atoms with Crippen LogP contribution in [0.5, 0.6) is 23.0 Å². The van der Waals surface area contributed by atoms with E-state index in [9.17, 15) is 9.59 Å². The van der Waals surface area contributed by atoms with Crippen LogP contribution >= 0.6 is 11.6 Å². The first-order valence-electron chi connectivity index (χ1n) is 13.2. The fourth-order valence-corrected chi connectivity index (χ4v) is 4.96. The zero-order valence-electron chi connectivity index (χ0n) is 23.9. The van der Waals surface area contributed by atoms with Crippen LogP contribution in [0.25, 0.3) is 22.0 Å². The topological polar surface area (TPSA) is 111 Å². The van der Waals surface area contributed by atoms with Gasteiger partial charge in [0.15, 0.2) is 11.5 Å². The van der Waals surface area contributed by atoms with Crippen LogP contribution in [-0.2, 0) is 0 Å². The number of aromatic amines is 1. The minimum absolute atomic E-state index is 0.191. The highest BCUT2D eigenvalue weighted by Gasteiger charge is 2.22. The molecule has 0 aliphatic heterocycles. The zero-order valence-corrected chi connectivity index (χ0v) is 24.6. The van der Waals surface area contributed by atoms with Gasteiger partial charge in [0.1, 0.15) is 11.4 Å². The van der Waals surface area contributed by atoms with Crippen LogP contribution in [0, 0.1) is 6.92 Å². The summed E-state index contributed by atoms with van der Waals surface area (Å²) in [7, 11) is 4.39. The van der Waals surface area contributed by atoms with Crippen molar-refractivity contribution >= 4 is 40.6 Å². The number of hydrogen-bond acceptors (Lipinski definition) is 7. The minimum Gasteiger partial charge on any atom is -0.493 e. The summed E-state index contributed by atoms with van der Waals surface area (Å²) >= 11 is 6.53. The van der Waals surface area contributed by atoms with Crippen LogP contribution in [0.4, 0.5) is 0 Å². The molecule has 1 aromatic heterocycles. The van der Waals surface area contributed by atoms with Crippen LogP contribution in [0.3, 0.4) is 0 Å². The maximum Gasteiger partial charge on any atom is 0.343 e. The van der Waals surface area contributed by atoms with E-state index in [0.717, 1.165) is 22.0 Å². The van der Waals surface area contributed by atoms with Gasteiger partial charge in [0.25, 0.3) is 5.91 Å². The van der Waals surface area contributed by atoms with Gasteiger partial charge in [0.05, 0.1) is 33.1 Å². The van der Waals surface area contributed by atoms with E-state index in [-0.39, 0.29) is 11.3 Å². The lowest BCUT2D eigenvalue weighted by atomic mass is 10.0. The first-order valence-corrected chi connectivity index (χ1v) is 13.5. The van der Waals surface area contributed by atoms with Gasteiger partial charge in [-0.1, -0.05) is 60.1 Å². The lowest BCUT2D eigenvalue weighted by Crippen LogP contribution is -2.19. The molecule has 0 aliphatic carbocycles. The lowest BCUT2D eigenvalue weighted by molar-refractivity contribution is 0.0733. The quantitative estimate of drug-likeness (QED) is 0.0836. The fourth-order valence-electron chi connectivity index (χ4n) is 4.73. The van der Waals surface area contributed by atoms with E-state index in [4.69, 9.17) is 30.5 Å². The number of hydrazone groups is 1. The van der Waals surface area contributed by atoms with Gasteiger partial charge < -0.3 is 23.9 Å². The predicted molar refractivity (Wildman–Crippen MR) is 166 cm³/mol. The average molecular weight is 598 g/mol. The van der Waals surface area contributed by atoms with Gasteiger partial charge >= 0.3 is 5.97 Å². The third kappa shape index (κ3) is 5.89. The Bertz CT molecular complexity index is 1840. The number of benzene rings is 4. The Morgan fingerprint density at radius 2 is 1.56 bits per heavy atom. The molecule has 0 spiro atoms. The Morgan fingerprint density at radius 3 is 2.26 bits per heavy atom. The number of carbonyl (C=O) groups excluding carboxylic acids is 2. The summed E-state index contributed by atoms with van der Waals surface area (Å²) in [5.41, 5.74) is 6.76. The van der Waals surface area contributed by atoms with Gasteiger partial charge in [-0.15, -0.1) is 0 Å². The van der Waals surface area contributed by atoms with Crippen LogP contribution in [-0.4, -0.2) is 44.4 Å². The van der Waals surface area contributed by atoms with Crippen molar-refractivity contribution in [3.63, 3.8) is 0 Å². The third-order valence-electron chi connectivity index (χ3n) is 6.80. The number of methoxy groups -OCH3 is 3. The van der Waals surface area contributed by atoms with E-state index in [2.05, 4.69) is 15.5 Å². The molecule has 0 aliphatic rings. The van der Waals surface area contributed by atoms with Crippen molar-refractivity contribution in [2.45, 2.75) is 6.92 Å². The smallest absolute Gasteiger partial charge is 0.343 e. The molecular weight excluding hydrogens is 570 g/mol. The molecule has 0 unspecified atom stereocenters. The van der Waals surface area contributed by atoms with E-state index in [0.29, 0.717) is 39.1 Å². The molecule has 0 saturated heterocycles. The Balaban J connectivity index is 1.40. The summed E-state index contributed by atoms with van der Waals surface area (Å²) in [5.74, 6) is 0.102. The Morgan fingerprint density at radius 1 is 0.860 bits per heavy atom. The number of ether oxygens (including phenoxy) is 4. The summed E-state index contributed by atoms with van der Waals surface area (Å²) in [5, 5.41) is 5.55. The van der Waals surface area contributed by atoms with E-state index in [1.807, 2.05) is 43.3 Å². The molecule has 43 heavy (non-hydrogen) atoms. The molecule has 4 aromatic carbocycles. The van der Waals surface area contributed by atoms with Crippen LogP contribution in [0.2, 0.25) is 5.02 Å².